The lowest BCUT2D eigenvalue weighted by molar-refractivity contribution is -0.129. The van der Waals surface area contributed by atoms with Gasteiger partial charge in [0.2, 0.25) is 11.8 Å². The summed E-state index contributed by atoms with van der Waals surface area (Å²) < 4.78 is 10.6. The van der Waals surface area contributed by atoms with E-state index in [4.69, 9.17) is 9.47 Å². The molecule has 0 aromatic heterocycles. The van der Waals surface area contributed by atoms with Crippen molar-refractivity contribution in [3.05, 3.63) is 53.6 Å². The Morgan fingerprint density at radius 3 is 2.19 bits per heavy atom. The van der Waals surface area contributed by atoms with Crippen molar-refractivity contribution in [1.29, 1.82) is 0 Å². The van der Waals surface area contributed by atoms with Gasteiger partial charge in [0.05, 0.1) is 20.6 Å². The molecule has 0 aliphatic carbocycles. The van der Waals surface area contributed by atoms with Crippen molar-refractivity contribution < 1.29 is 19.1 Å². The molecule has 0 saturated heterocycles. The first-order valence-electron chi connectivity index (χ1n) is 8.74. The van der Waals surface area contributed by atoms with Crippen molar-refractivity contribution in [2.24, 2.45) is 0 Å². The summed E-state index contributed by atoms with van der Waals surface area (Å²) in [6.45, 7) is 2.07. The van der Waals surface area contributed by atoms with E-state index in [0.29, 0.717) is 24.5 Å². The summed E-state index contributed by atoms with van der Waals surface area (Å²) in [5, 5.41) is 2.71. The molecule has 6 nitrogen and oxygen atoms in total. The van der Waals surface area contributed by atoms with Crippen molar-refractivity contribution in [3.8, 4) is 11.5 Å². The van der Waals surface area contributed by atoms with Gasteiger partial charge in [-0.25, -0.2) is 0 Å². The van der Waals surface area contributed by atoms with E-state index < -0.39 is 0 Å². The molecule has 0 radical (unpaired) electrons. The van der Waals surface area contributed by atoms with Crippen LogP contribution in [0.15, 0.2) is 42.5 Å². The fourth-order valence-corrected chi connectivity index (χ4v) is 2.68. The molecule has 2 amide bonds. The molecule has 2 aromatic carbocycles. The van der Waals surface area contributed by atoms with Crippen LogP contribution >= 0.6 is 0 Å². The highest BCUT2D eigenvalue weighted by Crippen LogP contribution is 2.27. The van der Waals surface area contributed by atoms with Gasteiger partial charge in [0.15, 0.2) is 11.5 Å². The van der Waals surface area contributed by atoms with Gasteiger partial charge in [-0.05, 0) is 41.8 Å². The molecule has 6 heteroatoms. The minimum atomic E-state index is -0.117. The number of amides is 2. The van der Waals surface area contributed by atoms with E-state index >= 15 is 0 Å². The number of anilines is 1. The highest BCUT2D eigenvalue weighted by atomic mass is 16.5. The summed E-state index contributed by atoms with van der Waals surface area (Å²) in [6.07, 6.45) is 1.05. The fraction of sp³-hybridized carbons (Fsp3) is 0.333. The molecule has 1 N–H and O–H groups in total. The predicted octanol–water partition coefficient (Wildman–Crippen LogP) is 2.91. The molecule has 2 rings (SSSR count). The lowest BCUT2D eigenvalue weighted by atomic mass is 10.1. The normalized spacial score (nSPS) is 10.2. The molecule has 0 saturated carbocycles. The second-order valence-corrected chi connectivity index (χ2v) is 6.31. The van der Waals surface area contributed by atoms with Crippen LogP contribution in [-0.2, 0) is 22.4 Å². The molecule has 0 fully saturated rings. The van der Waals surface area contributed by atoms with Crippen molar-refractivity contribution in [2.75, 3.05) is 33.1 Å². The van der Waals surface area contributed by atoms with Crippen molar-refractivity contribution in [1.82, 2.24) is 4.90 Å². The molecule has 0 bridgehead atoms. The first-order chi connectivity index (χ1) is 12.9. The number of nitrogens with zero attached hydrogens (tertiary/aromatic N) is 1. The minimum Gasteiger partial charge on any atom is -0.493 e. The monoisotopic (exact) mass is 370 g/mol. The Balaban J connectivity index is 1.89. The lowest BCUT2D eigenvalue weighted by Gasteiger charge is -2.18. The number of methoxy groups -OCH3 is 2. The van der Waals surface area contributed by atoms with E-state index in [0.717, 1.165) is 23.2 Å². The number of benzene rings is 2. The lowest BCUT2D eigenvalue weighted by Crippen LogP contribution is -2.30. The third-order valence-electron chi connectivity index (χ3n) is 4.24. The second-order valence-electron chi connectivity index (χ2n) is 6.31. The third-order valence-corrected chi connectivity index (χ3v) is 4.24. The maximum atomic E-state index is 12.4. The first kappa shape index (κ1) is 20.3. The molecule has 0 aliphatic heterocycles. The Kier molecular flexibility index (Phi) is 7.23. The van der Waals surface area contributed by atoms with Crippen molar-refractivity contribution >= 4 is 17.5 Å². The minimum absolute atomic E-state index is 0.0442. The summed E-state index contributed by atoms with van der Waals surface area (Å²) in [4.78, 5) is 25.2. The molecule has 0 spiro atoms. The number of carbonyl (C=O) groups excluding carboxylic acids is 2. The number of hydrogen-bond acceptors (Lipinski definition) is 4. The van der Waals surface area contributed by atoms with Crippen LogP contribution in [0.5, 0.6) is 11.5 Å². The smallest absolute Gasteiger partial charge is 0.226 e. The molecule has 2 aromatic rings. The predicted molar refractivity (Wildman–Crippen MR) is 105 cm³/mol. The average molecular weight is 370 g/mol. The van der Waals surface area contributed by atoms with E-state index in [1.807, 2.05) is 30.3 Å². The van der Waals surface area contributed by atoms with Gasteiger partial charge < -0.3 is 19.7 Å². The SMILES string of the molecule is COc1ccc(CCN(C)C(=O)Cc2ccc(NC(C)=O)cc2)cc1OC. The third kappa shape index (κ3) is 6.02. The molecular weight excluding hydrogens is 344 g/mol. The van der Waals surface area contributed by atoms with E-state index in [1.54, 1.807) is 38.3 Å². The van der Waals surface area contributed by atoms with Gasteiger partial charge in [-0.15, -0.1) is 0 Å². The Labute approximate surface area is 160 Å². The Bertz CT molecular complexity index is 787. The quantitative estimate of drug-likeness (QED) is 0.776. The summed E-state index contributed by atoms with van der Waals surface area (Å²) >= 11 is 0. The zero-order valence-corrected chi connectivity index (χ0v) is 16.2. The van der Waals surface area contributed by atoms with Crippen LogP contribution in [0.1, 0.15) is 18.1 Å². The number of carbonyl (C=O) groups is 2. The number of likely N-dealkylation sites (N-methyl/N-ethyl adjacent to an activating group) is 1. The number of hydrogen-bond donors (Lipinski definition) is 1. The molecule has 0 unspecified atom stereocenters. The first-order valence-corrected chi connectivity index (χ1v) is 8.74. The van der Waals surface area contributed by atoms with Gasteiger partial charge in [0.25, 0.3) is 0 Å². The van der Waals surface area contributed by atoms with Crippen molar-refractivity contribution in [3.63, 3.8) is 0 Å². The van der Waals surface area contributed by atoms with Crippen LogP contribution in [0.3, 0.4) is 0 Å². The molecule has 0 heterocycles. The average Bonchev–Trinajstić information content (AvgIpc) is 2.66. The summed E-state index contributed by atoms with van der Waals surface area (Å²) in [5.41, 5.74) is 2.71. The van der Waals surface area contributed by atoms with E-state index in [-0.39, 0.29) is 11.8 Å². The van der Waals surface area contributed by atoms with Gasteiger partial charge in [-0.2, -0.15) is 0 Å². The van der Waals surface area contributed by atoms with Crippen LogP contribution in [0.25, 0.3) is 0 Å². The van der Waals surface area contributed by atoms with Crippen LogP contribution in [-0.4, -0.2) is 44.5 Å². The molecule has 27 heavy (non-hydrogen) atoms. The fourth-order valence-electron chi connectivity index (χ4n) is 2.68. The molecule has 0 atom stereocenters. The topological polar surface area (TPSA) is 67.9 Å². The van der Waals surface area contributed by atoms with Gasteiger partial charge in [-0.3, -0.25) is 9.59 Å². The van der Waals surface area contributed by atoms with Crippen LogP contribution in [0.2, 0.25) is 0 Å². The van der Waals surface area contributed by atoms with Crippen molar-refractivity contribution in [2.45, 2.75) is 19.8 Å². The highest BCUT2D eigenvalue weighted by molar-refractivity contribution is 5.88. The summed E-state index contributed by atoms with van der Waals surface area (Å²) in [5.74, 6) is 1.30. The summed E-state index contributed by atoms with van der Waals surface area (Å²) in [7, 11) is 5.01. The standard InChI is InChI=1S/C21H26N2O4/c1-15(24)22-18-8-5-16(6-9-18)14-21(25)23(2)12-11-17-7-10-19(26-3)20(13-17)27-4/h5-10,13H,11-12,14H2,1-4H3,(H,22,24). The van der Waals surface area contributed by atoms with E-state index in [2.05, 4.69) is 5.32 Å². The molecule has 144 valence electrons. The summed E-state index contributed by atoms with van der Waals surface area (Å²) in [6, 6.07) is 13.1. The largest absolute Gasteiger partial charge is 0.493 e. The number of rotatable bonds is 8. The maximum Gasteiger partial charge on any atom is 0.226 e. The van der Waals surface area contributed by atoms with Gasteiger partial charge >= 0.3 is 0 Å². The number of ether oxygens (including phenoxy) is 2. The van der Waals surface area contributed by atoms with Gasteiger partial charge in [0, 0.05) is 26.2 Å². The van der Waals surface area contributed by atoms with Crippen LogP contribution in [0, 0.1) is 0 Å². The van der Waals surface area contributed by atoms with Crippen LogP contribution in [0.4, 0.5) is 5.69 Å². The molecular formula is C21H26N2O4. The maximum absolute atomic E-state index is 12.4. The highest BCUT2D eigenvalue weighted by Gasteiger charge is 2.11. The Morgan fingerprint density at radius 2 is 1.59 bits per heavy atom. The van der Waals surface area contributed by atoms with Crippen LogP contribution < -0.4 is 14.8 Å². The van der Waals surface area contributed by atoms with Gasteiger partial charge in [0.1, 0.15) is 0 Å². The number of nitrogens with one attached hydrogen (secondary N) is 1. The van der Waals surface area contributed by atoms with E-state index in [1.165, 1.54) is 6.92 Å². The Morgan fingerprint density at radius 1 is 0.963 bits per heavy atom. The van der Waals surface area contributed by atoms with E-state index in [9.17, 15) is 9.59 Å². The Hall–Kier alpha value is -3.02. The zero-order valence-electron chi connectivity index (χ0n) is 16.2. The second kappa shape index (κ2) is 9.62. The zero-order chi connectivity index (χ0) is 19.8. The van der Waals surface area contributed by atoms with Gasteiger partial charge in [-0.1, -0.05) is 18.2 Å². The molecule has 0 aliphatic rings.